The highest BCUT2D eigenvalue weighted by Crippen LogP contribution is 2.23. The van der Waals surface area contributed by atoms with Crippen molar-refractivity contribution in [2.75, 3.05) is 13.6 Å². The van der Waals surface area contributed by atoms with E-state index < -0.39 is 5.82 Å². The van der Waals surface area contributed by atoms with E-state index in [0.29, 0.717) is 17.9 Å². The molecular weight excluding hydrogens is 411 g/mol. The van der Waals surface area contributed by atoms with Gasteiger partial charge in [0.25, 0.3) is 0 Å². The molecule has 3 amide bonds. The summed E-state index contributed by atoms with van der Waals surface area (Å²) in [6.45, 7) is 0.886. The van der Waals surface area contributed by atoms with E-state index in [4.69, 9.17) is 4.74 Å². The Morgan fingerprint density at radius 1 is 1.03 bits per heavy atom. The monoisotopic (exact) mass is 436 g/mol. The van der Waals surface area contributed by atoms with Gasteiger partial charge >= 0.3 is 6.03 Å². The molecule has 0 aliphatic heterocycles. The Balaban J connectivity index is 1.43. The zero-order chi connectivity index (χ0) is 22.8. The van der Waals surface area contributed by atoms with E-state index in [1.54, 1.807) is 42.4 Å². The average molecular weight is 436 g/mol. The minimum Gasteiger partial charge on any atom is -0.439 e. The summed E-state index contributed by atoms with van der Waals surface area (Å²) in [6.07, 6.45) is 1.69. The van der Waals surface area contributed by atoms with Crippen LogP contribution >= 0.6 is 0 Å². The molecule has 2 N–H and O–H groups in total. The first-order valence-electron chi connectivity index (χ1n) is 10.2. The number of hydrogen-bond donors (Lipinski definition) is 2. The lowest BCUT2D eigenvalue weighted by atomic mass is 10.2. The van der Waals surface area contributed by atoms with Crippen LogP contribution in [0.3, 0.4) is 0 Å². The molecule has 0 atom stereocenters. The summed E-state index contributed by atoms with van der Waals surface area (Å²) in [5, 5.41) is 5.52. The van der Waals surface area contributed by atoms with Crippen LogP contribution in [-0.2, 0) is 17.9 Å². The Hall–Kier alpha value is -3.94. The molecule has 0 radical (unpaired) electrons. The van der Waals surface area contributed by atoms with Crippen molar-refractivity contribution in [3.05, 3.63) is 89.9 Å². The first-order valence-corrected chi connectivity index (χ1v) is 10.2. The van der Waals surface area contributed by atoms with Gasteiger partial charge in [-0.25, -0.2) is 14.2 Å². The highest BCUT2D eigenvalue weighted by molar-refractivity contribution is 5.78. The summed E-state index contributed by atoms with van der Waals surface area (Å²) in [5.41, 5.74) is 1.67. The lowest BCUT2D eigenvalue weighted by Gasteiger charge is -2.18. The van der Waals surface area contributed by atoms with E-state index >= 15 is 0 Å². The third-order valence-electron chi connectivity index (χ3n) is 4.57. The molecule has 0 fully saturated rings. The number of rotatable bonds is 9. The molecule has 0 saturated heterocycles. The van der Waals surface area contributed by atoms with Crippen LogP contribution in [0.1, 0.15) is 17.5 Å². The number of urea groups is 1. The highest BCUT2D eigenvalue weighted by Gasteiger charge is 2.11. The molecule has 3 rings (SSSR count). The van der Waals surface area contributed by atoms with Crippen LogP contribution in [0.2, 0.25) is 0 Å². The van der Waals surface area contributed by atoms with Gasteiger partial charge in [-0.15, -0.1) is 0 Å². The number of benzene rings is 2. The van der Waals surface area contributed by atoms with Gasteiger partial charge in [0, 0.05) is 50.9 Å². The summed E-state index contributed by atoms with van der Waals surface area (Å²) >= 11 is 0. The van der Waals surface area contributed by atoms with Crippen LogP contribution < -0.4 is 15.4 Å². The molecule has 0 bridgehead atoms. The standard InChI is InChI=1S/C24H25FN4O3/c1-29(17-18-7-3-2-4-8-18)24(31)27-14-12-22(30)28-16-19-9-6-13-26-23(19)32-21-11-5-10-20(25)15-21/h2-11,13,15H,12,14,16-17H2,1H3,(H,27,31)(H,28,30). The van der Waals surface area contributed by atoms with E-state index in [1.807, 2.05) is 30.3 Å². The van der Waals surface area contributed by atoms with Gasteiger partial charge < -0.3 is 20.3 Å². The summed E-state index contributed by atoms with van der Waals surface area (Å²) in [7, 11) is 1.70. The van der Waals surface area contributed by atoms with Crippen molar-refractivity contribution in [3.8, 4) is 11.6 Å². The van der Waals surface area contributed by atoms with E-state index in [2.05, 4.69) is 15.6 Å². The number of nitrogens with zero attached hydrogens (tertiary/aromatic N) is 2. The molecule has 0 spiro atoms. The fraction of sp³-hybridized carbons (Fsp3) is 0.208. The van der Waals surface area contributed by atoms with Gasteiger partial charge in [-0.05, 0) is 23.8 Å². The fourth-order valence-electron chi connectivity index (χ4n) is 2.92. The number of hydrogen-bond acceptors (Lipinski definition) is 4. The minimum atomic E-state index is -0.412. The topological polar surface area (TPSA) is 83.6 Å². The summed E-state index contributed by atoms with van der Waals surface area (Å²) in [6, 6.07) is 18.6. The molecule has 32 heavy (non-hydrogen) atoms. The van der Waals surface area contributed by atoms with Crippen LogP contribution in [0.4, 0.5) is 9.18 Å². The molecule has 1 aromatic heterocycles. The second kappa shape index (κ2) is 11.5. The Bertz CT molecular complexity index is 1050. The van der Waals surface area contributed by atoms with Crippen molar-refractivity contribution in [2.45, 2.75) is 19.5 Å². The van der Waals surface area contributed by atoms with Gasteiger partial charge in [0.2, 0.25) is 11.8 Å². The number of ether oxygens (including phenoxy) is 1. The molecule has 3 aromatic rings. The lowest BCUT2D eigenvalue weighted by Crippen LogP contribution is -2.38. The highest BCUT2D eigenvalue weighted by atomic mass is 19.1. The quantitative estimate of drug-likeness (QED) is 0.534. The molecule has 0 unspecified atom stereocenters. The minimum absolute atomic E-state index is 0.130. The van der Waals surface area contributed by atoms with Crippen molar-refractivity contribution in [1.82, 2.24) is 20.5 Å². The van der Waals surface area contributed by atoms with Crippen LogP contribution in [0.5, 0.6) is 11.6 Å². The van der Waals surface area contributed by atoms with Crippen molar-refractivity contribution < 1.29 is 18.7 Å². The van der Waals surface area contributed by atoms with Crippen LogP contribution in [0.15, 0.2) is 72.9 Å². The maximum absolute atomic E-state index is 13.4. The zero-order valence-electron chi connectivity index (χ0n) is 17.8. The predicted molar refractivity (Wildman–Crippen MR) is 118 cm³/mol. The Morgan fingerprint density at radius 3 is 2.62 bits per heavy atom. The number of carbonyl (C=O) groups is 2. The summed E-state index contributed by atoms with van der Waals surface area (Å²) in [4.78, 5) is 30.1. The molecule has 8 heteroatoms. The average Bonchev–Trinajstić information content (AvgIpc) is 2.79. The number of carbonyl (C=O) groups excluding carboxylic acids is 2. The third-order valence-corrected chi connectivity index (χ3v) is 4.57. The maximum atomic E-state index is 13.4. The normalized spacial score (nSPS) is 10.3. The first kappa shape index (κ1) is 22.7. The second-order valence-corrected chi connectivity index (χ2v) is 7.13. The van der Waals surface area contributed by atoms with Gasteiger partial charge in [-0.3, -0.25) is 4.79 Å². The number of nitrogens with one attached hydrogen (secondary N) is 2. The van der Waals surface area contributed by atoms with Gasteiger partial charge in [0.15, 0.2) is 0 Å². The van der Waals surface area contributed by atoms with Crippen molar-refractivity contribution >= 4 is 11.9 Å². The van der Waals surface area contributed by atoms with Crippen molar-refractivity contribution in [3.63, 3.8) is 0 Å². The molecule has 2 aromatic carbocycles. The molecule has 166 valence electrons. The SMILES string of the molecule is CN(Cc1ccccc1)C(=O)NCCC(=O)NCc1cccnc1Oc1cccc(F)c1. The third kappa shape index (κ3) is 7.09. The molecule has 0 aliphatic rings. The number of pyridine rings is 1. The van der Waals surface area contributed by atoms with Crippen LogP contribution in [-0.4, -0.2) is 35.4 Å². The largest absolute Gasteiger partial charge is 0.439 e. The van der Waals surface area contributed by atoms with E-state index in [1.165, 1.54) is 12.1 Å². The fourth-order valence-corrected chi connectivity index (χ4v) is 2.92. The molecule has 1 heterocycles. The lowest BCUT2D eigenvalue weighted by molar-refractivity contribution is -0.121. The molecule has 7 nitrogen and oxygen atoms in total. The van der Waals surface area contributed by atoms with E-state index in [9.17, 15) is 14.0 Å². The van der Waals surface area contributed by atoms with Crippen molar-refractivity contribution in [2.24, 2.45) is 0 Å². The van der Waals surface area contributed by atoms with Gasteiger partial charge in [0.05, 0.1) is 0 Å². The Kier molecular flexibility index (Phi) is 8.14. The van der Waals surface area contributed by atoms with Gasteiger partial charge in [-0.1, -0.05) is 42.5 Å². The van der Waals surface area contributed by atoms with Gasteiger partial charge in [-0.2, -0.15) is 0 Å². The van der Waals surface area contributed by atoms with E-state index in [0.717, 1.165) is 5.56 Å². The van der Waals surface area contributed by atoms with E-state index in [-0.39, 0.29) is 37.3 Å². The number of aromatic nitrogens is 1. The Morgan fingerprint density at radius 2 is 1.84 bits per heavy atom. The van der Waals surface area contributed by atoms with Crippen molar-refractivity contribution in [1.29, 1.82) is 0 Å². The number of amides is 3. The smallest absolute Gasteiger partial charge is 0.317 e. The molecule has 0 aliphatic carbocycles. The second-order valence-electron chi connectivity index (χ2n) is 7.13. The predicted octanol–water partition coefficient (Wildman–Crippen LogP) is 3.86. The van der Waals surface area contributed by atoms with Gasteiger partial charge in [0.1, 0.15) is 11.6 Å². The molecule has 0 saturated carbocycles. The Labute approximate surface area is 186 Å². The first-order chi connectivity index (χ1) is 15.5. The zero-order valence-corrected chi connectivity index (χ0v) is 17.8. The number of halogens is 1. The summed E-state index contributed by atoms with van der Waals surface area (Å²) < 4.78 is 19.0. The van der Waals surface area contributed by atoms with Crippen LogP contribution in [0, 0.1) is 5.82 Å². The van der Waals surface area contributed by atoms with Crippen LogP contribution in [0.25, 0.3) is 0 Å². The summed E-state index contributed by atoms with van der Waals surface area (Å²) in [5.74, 6) is -0.0332. The molecular formula is C24H25FN4O3. The maximum Gasteiger partial charge on any atom is 0.317 e.